The van der Waals surface area contributed by atoms with Gasteiger partial charge in [-0.2, -0.15) is 0 Å². The van der Waals surface area contributed by atoms with Crippen LogP contribution >= 0.6 is 0 Å². The number of carbonyl (C=O) groups excluding carboxylic acids is 1. The van der Waals surface area contributed by atoms with E-state index in [1.54, 1.807) is 0 Å². The Kier molecular flexibility index (Phi) is 4.79. The SMILES string of the molecule is CCOCC(=O)NCCc1cn(C)c2cc(C)ccc12. The second kappa shape index (κ2) is 6.57. The number of hydrogen-bond donors (Lipinski definition) is 1. The van der Waals surface area contributed by atoms with Crippen molar-refractivity contribution in [3.05, 3.63) is 35.5 Å². The number of fused-ring (bicyclic) bond motifs is 1. The maximum absolute atomic E-state index is 11.5. The number of nitrogens with zero attached hydrogens (tertiary/aromatic N) is 1. The standard InChI is InChI=1S/C16H22N2O2/c1-4-20-11-16(19)17-8-7-13-10-18(3)15-9-12(2)5-6-14(13)15/h5-6,9-10H,4,7-8,11H2,1-3H3,(H,17,19). The maximum Gasteiger partial charge on any atom is 0.246 e. The first-order valence-corrected chi connectivity index (χ1v) is 7.00. The highest BCUT2D eigenvalue weighted by Gasteiger charge is 2.07. The molecule has 0 saturated heterocycles. The van der Waals surface area contributed by atoms with Crippen molar-refractivity contribution in [3.63, 3.8) is 0 Å². The quantitative estimate of drug-likeness (QED) is 0.877. The molecule has 1 heterocycles. The monoisotopic (exact) mass is 274 g/mol. The molecule has 2 rings (SSSR count). The lowest BCUT2D eigenvalue weighted by molar-refractivity contribution is -0.125. The first kappa shape index (κ1) is 14.6. The van der Waals surface area contributed by atoms with Gasteiger partial charge in [0, 0.05) is 37.3 Å². The fraction of sp³-hybridized carbons (Fsp3) is 0.438. The lowest BCUT2D eigenvalue weighted by atomic mass is 10.1. The van der Waals surface area contributed by atoms with E-state index in [1.165, 1.54) is 22.0 Å². The Labute approximate surface area is 119 Å². The lowest BCUT2D eigenvalue weighted by Crippen LogP contribution is -2.29. The molecule has 1 aromatic carbocycles. The number of ether oxygens (including phenoxy) is 1. The molecule has 108 valence electrons. The van der Waals surface area contributed by atoms with E-state index in [-0.39, 0.29) is 12.5 Å². The minimum Gasteiger partial charge on any atom is -0.372 e. The molecule has 20 heavy (non-hydrogen) atoms. The van der Waals surface area contributed by atoms with Crippen molar-refractivity contribution in [2.75, 3.05) is 19.8 Å². The van der Waals surface area contributed by atoms with Crippen molar-refractivity contribution >= 4 is 16.8 Å². The van der Waals surface area contributed by atoms with Gasteiger partial charge in [-0.05, 0) is 37.5 Å². The summed E-state index contributed by atoms with van der Waals surface area (Å²) in [5.74, 6) is -0.0528. The lowest BCUT2D eigenvalue weighted by Gasteiger charge is -2.04. The van der Waals surface area contributed by atoms with Gasteiger partial charge in [0.05, 0.1) is 0 Å². The highest BCUT2D eigenvalue weighted by molar-refractivity contribution is 5.84. The third kappa shape index (κ3) is 3.39. The van der Waals surface area contributed by atoms with E-state index in [2.05, 4.69) is 48.3 Å². The smallest absolute Gasteiger partial charge is 0.246 e. The molecule has 1 amide bonds. The molecule has 0 atom stereocenters. The summed E-state index contributed by atoms with van der Waals surface area (Å²) in [5, 5.41) is 4.14. The molecule has 0 fully saturated rings. The molecule has 4 nitrogen and oxygen atoms in total. The molecule has 0 aliphatic carbocycles. The summed E-state index contributed by atoms with van der Waals surface area (Å²) < 4.78 is 7.21. The molecule has 2 aromatic rings. The summed E-state index contributed by atoms with van der Waals surface area (Å²) in [7, 11) is 2.05. The Morgan fingerprint density at radius 1 is 1.40 bits per heavy atom. The molecular weight excluding hydrogens is 252 g/mol. The van der Waals surface area contributed by atoms with Crippen LogP contribution in [0.2, 0.25) is 0 Å². The maximum atomic E-state index is 11.5. The number of aromatic nitrogens is 1. The zero-order chi connectivity index (χ0) is 14.5. The molecule has 0 saturated carbocycles. The third-order valence-electron chi connectivity index (χ3n) is 3.38. The van der Waals surface area contributed by atoms with Crippen LogP contribution in [0.25, 0.3) is 10.9 Å². The van der Waals surface area contributed by atoms with E-state index in [0.717, 1.165) is 6.42 Å². The van der Waals surface area contributed by atoms with Crippen molar-refractivity contribution in [1.29, 1.82) is 0 Å². The summed E-state index contributed by atoms with van der Waals surface area (Å²) in [6.07, 6.45) is 2.97. The number of nitrogens with one attached hydrogen (secondary N) is 1. The predicted molar refractivity (Wildman–Crippen MR) is 80.9 cm³/mol. The zero-order valence-electron chi connectivity index (χ0n) is 12.4. The van der Waals surface area contributed by atoms with Crippen LogP contribution in [0.4, 0.5) is 0 Å². The van der Waals surface area contributed by atoms with Gasteiger partial charge in [-0.3, -0.25) is 4.79 Å². The number of benzene rings is 1. The summed E-state index contributed by atoms with van der Waals surface area (Å²) >= 11 is 0. The number of amides is 1. The van der Waals surface area contributed by atoms with Crippen LogP contribution < -0.4 is 5.32 Å². The van der Waals surface area contributed by atoms with E-state index < -0.39 is 0 Å². The highest BCUT2D eigenvalue weighted by atomic mass is 16.5. The number of hydrogen-bond acceptors (Lipinski definition) is 2. The molecule has 0 aliphatic rings. The van der Waals surface area contributed by atoms with E-state index in [4.69, 9.17) is 4.74 Å². The zero-order valence-corrected chi connectivity index (χ0v) is 12.4. The van der Waals surface area contributed by atoms with Gasteiger partial charge in [0.25, 0.3) is 0 Å². The molecular formula is C16H22N2O2. The number of rotatable bonds is 6. The highest BCUT2D eigenvalue weighted by Crippen LogP contribution is 2.22. The van der Waals surface area contributed by atoms with E-state index in [0.29, 0.717) is 13.2 Å². The summed E-state index contributed by atoms with van der Waals surface area (Å²) in [5.41, 5.74) is 3.76. The Morgan fingerprint density at radius 3 is 2.95 bits per heavy atom. The molecule has 0 spiro atoms. The normalized spacial score (nSPS) is 10.9. The van der Waals surface area contributed by atoms with Crippen LogP contribution in [-0.2, 0) is 23.0 Å². The average molecular weight is 274 g/mol. The van der Waals surface area contributed by atoms with Gasteiger partial charge < -0.3 is 14.6 Å². The van der Waals surface area contributed by atoms with Crippen LogP contribution in [0.15, 0.2) is 24.4 Å². The second-order valence-electron chi connectivity index (χ2n) is 5.02. The molecule has 4 heteroatoms. The van der Waals surface area contributed by atoms with Gasteiger partial charge in [-0.1, -0.05) is 12.1 Å². The van der Waals surface area contributed by atoms with Gasteiger partial charge in [-0.25, -0.2) is 0 Å². The Balaban J connectivity index is 1.98. The fourth-order valence-electron chi connectivity index (χ4n) is 2.36. The minimum atomic E-state index is -0.0528. The topological polar surface area (TPSA) is 43.3 Å². The van der Waals surface area contributed by atoms with Gasteiger partial charge in [0.15, 0.2) is 0 Å². The summed E-state index contributed by atoms with van der Waals surface area (Å²) in [6, 6.07) is 6.47. The molecule has 1 N–H and O–H groups in total. The van der Waals surface area contributed by atoms with Crippen molar-refractivity contribution in [3.8, 4) is 0 Å². The predicted octanol–water partition coefficient (Wildman–Crippen LogP) is 2.18. The molecule has 0 aliphatic heterocycles. The molecule has 0 radical (unpaired) electrons. The fourth-order valence-corrected chi connectivity index (χ4v) is 2.36. The molecule has 0 bridgehead atoms. The minimum absolute atomic E-state index is 0.0528. The van der Waals surface area contributed by atoms with Crippen LogP contribution in [0, 0.1) is 6.92 Å². The van der Waals surface area contributed by atoms with E-state index >= 15 is 0 Å². The largest absolute Gasteiger partial charge is 0.372 e. The van der Waals surface area contributed by atoms with Crippen LogP contribution in [-0.4, -0.2) is 30.2 Å². The average Bonchev–Trinajstić information content (AvgIpc) is 2.73. The van der Waals surface area contributed by atoms with Crippen LogP contribution in [0.3, 0.4) is 0 Å². The van der Waals surface area contributed by atoms with Crippen molar-refractivity contribution < 1.29 is 9.53 Å². The van der Waals surface area contributed by atoms with Gasteiger partial charge >= 0.3 is 0 Å². The van der Waals surface area contributed by atoms with Gasteiger partial charge in [-0.15, -0.1) is 0 Å². The first-order valence-electron chi connectivity index (χ1n) is 7.00. The summed E-state index contributed by atoms with van der Waals surface area (Å²) in [6.45, 7) is 5.33. The Bertz CT molecular complexity index is 602. The first-order chi connectivity index (χ1) is 9.61. The van der Waals surface area contributed by atoms with Crippen molar-refractivity contribution in [2.45, 2.75) is 20.3 Å². The van der Waals surface area contributed by atoms with E-state index in [1.807, 2.05) is 6.92 Å². The van der Waals surface area contributed by atoms with Gasteiger partial charge in [0.1, 0.15) is 6.61 Å². The van der Waals surface area contributed by atoms with E-state index in [9.17, 15) is 4.79 Å². The second-order valence-corrected chi connectivity index (χ2v) is 5.02. The Morgan fingerprint density at radius 2 is 2.20 bits per heavy atom. The Hall–Kier alpha value is -1.81. The number of carbonyl (C=O) groups is 1. The van der Waals surface area contributed by atoms with Crippen LogP contribution in [0.5, 0.6) is 0 Å². The van der Waals surface area contributed by atoms with Crippen LogP contribution in [0.1, 0.15) is 18.1 Å². The molecule has 0 unspecified atom stereocenters. The van der Waals surface area contributed by atoms with Gasteiger partial charge in [0.2, 0.25) is 5.91 Å². The summed E-state index contributed by atoms with van der Waals surface area (Å²) in [4.78, 5) is 11.5. The molecule has 1 aromatic heterocycles. The number of aryl methyl sites for hydroxylation is 2. The third-order valence-corrected chi connectivity index (χ3v) is 3.38. The van der Waals surface area contributed by atoms with Crippen molar-refractivity contribution in [2.24, 2.45) is 7.05 Å². The van der Waals surface area contributed by atoms with Crippen molar-refractivity contribution in [1.82, 2.24) is 9.88 Å².